The van der Waals surface area contributed by atoms with Gasteiger partial charge in [0.25, 0.3) is 0 Å². The van der Waals surface area contributed by atoms with Crippen molar-refractivity contribution in [2.45, 2.75) is 0 Å². The van der Waals surface area contributed by atoms with Crippen LogP contribution in [0.4, 0.5) is 0 Å². The van der Waals surface area contributed by atoms with Crippen molar-refractivity contribution in [2.75, 3.05) is 0 Å². The fourth-order valence-electron chi connectivity index (χ4n) is 7.41. The maximum Gasteiger partial charge on any atom is 0.164 e. The highest BCUT2D eigenvalue weighted by Crippen LogP contribution is 2.41. The summed E-state index contributed by atoms with van der Waals surface area (Å²) in [4.78, 5) is 14.8. The summed E-state index contributed by atoms with van der Waals surface area (Å²) in [5.74, 6) is 1.51. The molecule has 0 N–H and O–H groups in total. The third kappa shape index (κ3) is 5.35. The predicted octanol–water partition coefficient (Wildman–Crippen LogP) is 5.97. The van der Waals surface area contributed by atoms with E-state index in [4.69, 9.17) is 63.0 Å². The van der Waals surface area contributed by atoms with Gasteiger partial charge in [0.1, 0.15) is 61.6 Å². The Morgan fingerprint density at radius 3 is 1.44 bits per heavy atom. The van der Waals surface area contributed by atoms with Crippen molar-refractivity contribution in [1.82, 2.24) is 15.0 Å². The number of aromatic nitrogens is 3. The summed E-state index contributed by atoms with van der Waals surface area (Å²) in [5.41, 5.74) is 9.80. The molecule has 0 atom stereocenters. The fraction of sp³-hybridized carbons (Fsp3) is 0. The number of hydrogen-bond acceptors (Lipinski definition) is 5. The van der Waals surface area contributed by atoms with E-state index in [0.29, 0.717) is 28.6 Å². The Morgan fingerprint density at radius 2 is 0.800 bits per heavy atom. The van der Waals surface area contributed by atoms with Gasteiger partial charge in [-0.1, -0.05) is 126 Å². The molecule has 0 fully saturated rings. The second-order valence-electron chi connectivity index (χ2n) is 13.5. The van der Waals surface area contributed by atoms with E-state index in [1.165, 1.54) is 0 Å². The highest BCUT2D eigenvalue weighted by atomic mass is 16.3. The molecule has 0 amide bonds. The van der Waals surface area contributed by atoms with Crippen LogP contribution in [0.15, 0.2) is 142 Å². The van der Waals surface area contributed by atoms with E-state index in [1.807, 2.05) is 84.9 Å². The molecule has 244 valence electrons. The molecule has 10 radical (unpaired) electrons. The van der Waals surface area contributed by atoms with Crippen molar-refractivity contribution in [3.05, 3.63) is 133 Å². The molecule has 0 unspecified atom stereocenters. The summed E-state index contributed by atoms with van der Waals surface area (Å²) in [7, 11) is 31.0. The Balaban J connectivity index is 1.09. The van der Waals surface area contributed by atoms with Crippen LogP contribution in [0.2, 0.25) is 0 Å². The first-order chi connectivity index (χ1) is 26.8. The molecule has 0 bridgehead atoms. The van der Waals surface area contributed by atoms with Crippen LogP contribution in [0, 0.1) is 0 Å². The molecular formula is C45H22B5N3O2. The zero-order chi connectivity index (χ0) is 37.4. The Hall–Kier alpha value is -6.53. The molecule has 0 spiro atoms. The standard InChI is InChI=1S/C45H22B5N3O2/c46-36-35(37(47)39(49)40(50)38(36)48)23-16-18-25(19-17-23)44-51-43(24-8-2-1-3-9-24)52-45(53-44)26-20-21-28-30-12-7-14-32(42(30)55-34(28)22-26)31-13-6-11-29-27-10-4-5-15-33(27)54-41(29)31/h1-22H. The van der Waals surface area contributed by atoms with Gasteiger partial charge in [-0.05, 0) is 29.3 Å². The van der Waals surface area contributed by atoms with E-state index < -0.39 is 0 Å². The lowest BCUT2D eigenvalue weighted by Gasteiger charge is -2.21. The quantitative estimate of drug-likeness (QED) is 0.208. The number of benzene rings is 7. The van der Waals surface area contributed by atoms with Gasteiger partial charge in [0.05, 0.1) is 0 Å². The third-order valence-electron chi connectivity index (χ3n) is 10.3. The first kappa shape index (κ1) is 33.1. The number of rotatable bonds is 5. The summed E-state index contributed by atoms with van der Waals surface area (Å²) < 4.78 is 13.1. The maximum atomic E-state index is 6.69. The van der Waals surface area contributed by atoms with Crippen LogP contribution < -0.4 is 27.3 Å². The Labute approximate surface area is 322 Å². The molecule has 5 nitrogen and oxygen atoms in total. The molecule has 10 rings (SSSR count). The van der Waals surface area contributed by atoms with E-state index in [2.05, 4.69) is 48.5 Å². The molecule has 3 aromatic heterocycles. The SMILES string of the molecule is [B]c1c([B])c([B])c(-c2ccc(-c3nc(-c4ccccc4)nc(-c4ccc5c(c4)oc4c(-c6cccc7c6oc6ccccc67)cccc45)n3)cc2)c([B])c1[B]. The van der Waals surface area contributed by atoms with Gasteiger partial charge in [-0.25, -0.2) is 15.0 Å². The Kier molecular flexibility index (Phi) is 7.70. The summed E-state index contributed by atoms with van der Waals surface area (Å²) in [6, 6.07) is 43.9. The summed E-state index contributed by atoms with van der Waals surface area (Å²) >= 11 is 0. The fourth-order valence-corrected chi connectivity index (χ4v) is 7.41. The van der Waals surface area contributed by atoms with Gasteiger partial charge < -0.3 is 8.83 Å². The Morgan fingerprint density at radius 1 is 0.345 bits per heavy atom. The van der Waals surface area contributed by atoms with E-state index in [1.54, 1.807) is 0 Å². The van der Waals surface area contributed by atoms with Crippen LogP contribution in [-0.2, 0) is 0 Å². The molecule has 7 aromatic carbocycles. The van der Waals surface area contributed by atoms with Crippen LogP contribution in [0.5, 0.6) is 0 Å². The van der Waals surface area contributed by atoms with Crippen LogP contribution in [0.3, 0.4) is 0 Å². The van der Waals surface area contributed by atoms with Gasteiger partial charge in [0, 0.05) is 49.4 Å². The molecular weight excluding hydrogens is 669 g/mol. The van der Waals surface area contributed by atoms with Crippen LogP contribution in [-0.4, -0.2) is 54.2 Å². The minimum absolute atomic E-state index is 0.170. The first-order valence-corrected chi connectivity index (χ1v) is 17.6. The van der Waals surface area contributed by atoms with E-state index in [9.17, 15) is 0 Å². The van der Waals surface area contributed by atoms with E-state index in [0.717, 1.165) is 71.7 Å². The second-order valence-corrected chi connectivity index (χ2v) is 13.5. The zero-order valence-corrected chi connectivity index (χ0v) is 29.2. The second kappa shape index (κ2) is 12.8. The lowest BCUT2D eigenvalue weighted by Crippen LogP contribution is -2.55. The molecule has 55 heavy (non-hydrogen) atoms. The smallest absolute Gasteiger partial charge is 0.164 e. The zero-order valence-electron chi connectivity index (χ0n) is 29.2. The van der Waals surface area contributed by atoms with Crippen molar-refractivity contribution < 1.29 is 8.83 Å². The van der Waals surface area contributed by atoms with Gasteiger partial charge in [0.15, 0.2) is 17.5 Å². The van der Waals surface area contributed by atoms with Gasteiger partial charge >= 0.3 is 0 Å². The summed E-state index contributed by atoms with van der Waals surface area (Å²) in [6.07, 6.45) is 0. The summed E-state index contributed by atoms with van der Waals surface area (Å²) in [5, 5.41) is 4.12. The third-order valence-corrected chi connectivity index (χ3v) is 10.3. The molecule has 10 heteroatoms. The van der Waals surface area contributed by atoms with Crippen LogP contribution >= 0.6 is 0 Å². The van der Waals surface area contributed by atoms with E-state index in [-0.39, 0.29) is 27.3 Å². The molecule has 0 aliphatic heterocycles. The highest BCUT2D eigenvalue weighted by Gasteiger charge is 2.19. The van der Waals surface area contributed by atoms with Crippen LogP contribution in [0.1, 0.15) is 0 Å². The van der Waals surface area contributed by atoms with Crippen molar-refractivity contribution in [1.29, 1.82) is 0 Å². The van der Waals surface area contributed by atoms with Crippen molar-refractivity contribution in [2.24, 2.45) is 0 Å². The molecule has 0 saturated heterocycles. The average molecular weight is 691 g/mol. The molecule has 0 aliphatic rings. The number of hydrogen-bond donors (Lipinski definition) is 0. The highest BCUT2D eigenvalue weighted by molar-refractivity contribution is 6.68. The average Bonchev–Trinajstić information content (AvgIpc) is 3.81. The van der Waals surface area contributed by atoms with Crippen molar-refractivity contribution in [3.63, 3.8) is 0 Å². The topological polar surface area (TPSA) is 65.0 Å². The molecule has 0 saturated carbocycles. The van der Waals surface area contributed by atoms with Gasteiger partial charge in [-0.15, -0.1) is 16.4 Å². The summed E-state index contributed by atoms with van der Waals surface area (Å²) in [6.45, 7) is 0. The number of furan rings is 2. The minimum atomic E-state index is 0.170. The lowest BCUT2D eigenvalue weighted by atomic mass is 9.59. The van der Waals surface area contributed by atoms with Gasteiger partial charge in [0.2, 0.25) is 0 Å². The number of para-hydroxylation sites is 3. The van der Waals surface area contributed by atoms with Gasteiger partial charge in [-0.3, -0.25) is 0 Å². The molecule has 10 aromatic rings. The number of nitrogens with zero attached hydrogens (tertiary/aromatic N) is 3. The monoisotopic (exact) mass is 691 g/mol. The van der Waals surface area contributed by atoms with Crippen molar-refractivity contribution >= 4 is 110 Å². The lowest BCUT2D eigenvalue weighted by molar-refractivity contribution is 0.665. The Bertz CT molecular complexity index is 3130. The van der Waals surface area contributed by atoms with Gasteiger partial charge in [-0.2, -0.15) is 0 Å². The first-order valence-electron chi connectivity index (χ1n) is 17.6. The van der Waals surface area contributed by atoms with Crippen LogP contribution in [0.25, 0.3) is 100 Å². The predicted molar refractivity (Wildman–Crippen MR) is 229 cm³/mol. The van der Waals surface area contributed by atoms with Crippen molar-refractivity contribution in [3.8, 4) is 56.4 Å². The molecule has 0 aliphatic carbocycles. The minimum Gasteiger partial charge on any atom is -0.455 e. The normalized spacial score (nSPS) is 11.6. The number of fused-ring (bicyclic) bond motifs is 6. The van der Waals surface area contributed by atoms with E-state index >= 15 is 0 Å². The largest absolute Gasteiger partial charge is 0.455 e. The maximum absolute atomic E-state index is 6.69. The molecule has 3 heterocycles.